The fourth-order valence-corrected chi connectivity index (χ4v) is 8.72. The molecule has 224 valence electrons. The van der Waals surface area contributed by atoms with Crippen LogP contribution in [0, 0.1) is 0 Å². The van der Waals surface area contributed by atoms with Crippen LogP contribution >= 0.6 is 11.3 Å². The van der Waals surface area contributed by atoms with Crippen LogP contribution in [0.3, 0.4) is 0 Å². The van der Waals surface area contributed by atoms with Crippen LogP contribution < -0.4 is 4.90 Å². The van der Waals surface area contributed by atoms with Crippen molar-refractivity contribution in [2.24, 2.45) is 0 Å². The van der Waals surface area contributed by atoms with Crippen LogP contribution in [0.5, 0.6) is 0 Å². The van der Waals surface area contributed by atoms with Crippen LogP contribution in [-0.4, -0.2) is 0 Å². The van der Waals surface area contributed by atoms with E-state index in [-0.39, 0.29) is 5.41 Å². The Balaban J connectivity index is 1.29. The average molecular weight is 620 g/mol. The Labute approximate surface area is 280 Å². The van der Waals surface area contributed by atoms with E-state index < -0.39 is 0 Å². The summed E-state index contributed by atoms with van der Waals surface area (Å²) in [5.41, 5.74) is 13.8. The molecule has 47 heavy (non-hydrogen) atoms. The number of nitrogens with zero attached hydrogens (tertiary/aromatic N) is 1. The van der Waals surface area contributed by atoms with E-state index in [0.717, 1.165) is 11.4 Å². The van der Waals surface area contributed by atoms with Gasteiger partial charge in [0.1, 0.15) is 0 Å². The van der Waals surface area contributed by atoms with Gasteiger partial charge in [0.2, 0.25) is 0 Å². The van der Waals surface area contributed by atoms with Gasteiger partial charge in [-0.05, 0) is 87.0 Å². The first kappa shape index (κ1) is 27.8. The summed E-state index contributed by atoms with van der Waals surface area (Å²) >= 11 is 1.87. The Morgan fingerprint density at radius 1 is 0.468 bits per heavy atom. The van der Waals surface area contributed by atoms with Gasteiger partial charge in [-0.15, -0.1) is 11.3 Å². The number of hydrogen-bond acceptors (Lipinski definition) is 2. The molecule has 8 aromatic rings. The number of anilines is 3. The SMILES string of the molecule is CC1(C)c2ccc(N(c3ccc(-c4ccccc4)cc3)c3cccc4sc5ccccc5c34)cc2-c2c(-c3ccccc3)cccc21. The number of rotatable bonds is 5. The summed E-state index contributed by atoms with van der Waals surface area (Å²) < 4.78 is 2.61. The molecule has 0 saturated carbocycles. The van der Waals surface area contributed by atoms with Crippen LogP contribution in [0.1, 0.15) is 25.0 Å². The molecule has 1 aliphatic carbocycles. The van der Waals surface area contributed by atoms with E-state index in [9.17, 15) is 0 Å². The lowest BCUT2D eigenvalue weighted by Gasteiger charge is -2.28. The molecule has 0 spiro atoms. The van der Waals surface area contributed by atoms with Crippen molar-refractivity contribution < 1.29 is 0 Å². The third-order valence-electron chi connectivity index (χ3n) is 9.88. The number of fused-ring (bicyclic) bond motifs is 6. The minimum absolute atomic E-state index is 0.0975. The molecule has 0 radical (unpaired) electrons. The standard InChI is InChI=1S/C45H33NS/c1-45(2)38-28-27-34(29-37(38)43-35(18-11-19-39(43)45)32-15-7-4-8-16-32)46(33-25-23-31(24-26-33)30-13-5-3-6-14-30)40-20-12-22-42-44(40)36-17-9-10-21-41(36)47-42/h3-29H,1-2H3. The normalized spacial score (nSPS) is 13.1. The summed E-state index contributed by atoms with van der Waals surface area (Å²) in [4.78, 5) is 2.46. The minimum atomic E-state index is -0.0975. The maximum atomic E-state index is 2.46. The summed E-state index contributed by atoms with van der Waals surface area (Å²) in [6, 6.07) is 60.0. The van der Waals surface area contributed by atoms with Gasteiger partial charge < -0.3 is 4.90 Å². The average Bonchev–Trinajstić information content (AvgIpc) is 3.62. The Kier molecular flexibility index (Phi) is 6.41. The van der Waals surface area contributed by atoms with Gasteiger partial charge in [0, 0.05) is 37.0 Å². The van der Waals surface area contributed by atoms with Gasteiger partial charge in [-0.1, -0.05) is 135 Å². The molecule has 0 bridgehead atoms. The number of hydrogen-bond donors (Lipinski definition) is 0. The first-order chi connectivity index (χ1) is 23.1. The second-order valence-corrected chi connectivity index (χ2v) is 14.0. The van der Waals surface area contributed by atoms with Crippen molar-refractivity contribution in [3.8, 4) is 33.4 Å². The Morgan fingerprint density at radius 2 is 1.11 bits per heavy atom. The van der Waals surface area contributed by atoms with Crippen molar-refractivity contribution in [2.45, 2.75) is 19.3 Å². The van der Waals surface area contributed by atoms with Crippen molar-refractivity contribution in [3.05, 3.63) is 175 Å². The molecule has 0 amide bonds. The van der Waals surface area contributed by atoms with Crippen molar-refractivity contribution in [3.63, 3.8) is 0 Å². The van der Waals surface area contributed by atoms with Crippen molar-refractivity contribution >= 4 is 48.6 Å². The molecule has 9 rings (SSSR count). The second kappa shape index (κ2) is 10.8. The summed E-state index contributed by atoms with van der Waals surface area (Å²) in [7, 11) is 0. The van der Waals surface area contributed by atoms with Gasteiger partial charge in [0.15, 0.2) is 0 Å². The van der Waals surface area contributed by atoms with Crippen molar-refractivity contribution in [1.29, 1.82) is 0 Å². The summed E-state index contributed by atoms with van der Waals surface area (Å²) in [5.74, 6) is 0. The zero-order valence-corrected chi connectivity index (χ0v) is 27.3. The Bertz CT molecular complexity index is 2420. The van der Waals surface area contributed by atoms with Crippen LogP contribution in [0.25, 0.3) is 53.6 Å². The van der Waals surface area contributed by atoms with Crippen LogP contribution in [0.4, 0.5) is 17.1 Å². The molecule has 1 aromatic heterocycles. The highest BCUT2D eigenvalue weighted by molar-refractivity contribution is 7.26. The van der Waals surface area contributed by atoms with Gasteiger partial charge in [-0.2, -0.15) is 0 Å². The molecule has 1 heterocycles. The van der Waals surface area contributed by atoms with E-state index in [4.69, 9.17) is 0 Å². The highest BCUT2D eigenvalue weighted by Gasteiger charge is 2.37. The van der Waals surface area contributed by atoms with E-state index in [2.05, 4.69) is 183 Å². The maximum absolute atomic E-state index is 2.46. The molecular weight excluding hydrogens is 587 g/mol. The highest BCUT2D eigenvalue weighted by atomic mass is 32.1. The van der Waals surface area contributed by atoms with Gasteiger partial charge in [-0.3, -0.25) is 0 Å². The van der Waals surface area contributed by atoms with Gasteiger partial charge >= 0.3 is 0 Å². The second-order valence-electron chi connectivity index (χ2n) is 12.9. The first-order valence-corrected chi connectivity index (χ1v) is 17.1. The molecule has 7 aromatic carbocycles. The lowest BCUT2D eigenvalue weighted by Crippen LogP contribution is -2.15. The molecule has 1 aliphatic rings. The fourth-order valence-electron chi connectivity index (χ4n) is 7.59. The van der Waals surface area contributed by atoms with Crippen LogP contribution in [-0.2, 0) is 5.41 Å². The van der Waals surface area contributed by atoms with E-state index in [0.29, 0.717) is 0 Å². The molecule has 1 nitrogen and oxygen atoms in total. The van der Waals surface area contributed by atoms with E-state index in [1.54, 1.807) is 0 Å². The van der Waals surface area contributed by atoms with Crippen LogP contribution in [0.2, 0.25) is 0 Å². The van der Waals surface area contributed by atoms with Gasteiger partial charge in [0.05, 0.1) is 5.69 Å². The Morgan fingerprint density at radius 3 is 1.89 bits per heavy atom. The predicted molar refractivity (Wildman–Crippen MR) is 202 cm³/mol. The molecular formula is C45H33NS. The highest BCUT2D eigenvalue weighted by Crippen LogP contribution is 2.54. The molecule has 0 fully saturated rings. The largest absolute Gasteiger partial charge is 0.310 e. The van der Waals surface area contributed by atoms with Crippen LogP contribution in [0.15, 0.2) is 164 Å². The van der Waals surface area contributed by atoms with E-state index >= 15 is 0 Å². The van der Waals surface area contributed by atoms with Gasteiger partial charge in [0.25, 0.3) is 0 Å². The first-order valence-electron chi connectivity index (χ1n) is 16.3. The Hall–Kier alpha value is -5.44. The molecule has 2 heteroatoms. The van der Waals surface area contributed by atoms with Crippen molar-refractivity contribution in [2.75, 3.05) is 4.90 Å². The molecule has 0 N–H and O–H groups in total. The third-order valence-corrected chi connectivity index (χ3v) is 11.0. The van der Waals surface area contributed by atoms with Crippen molar-refractivity contribution in [1.82, 2.24) is 0 Å². The van der Waals surface area contributed by atoms with E-state index in [1.165, 1.54) is 70.4 Å². The summed E-state index contributed by atoms with van der Waals surface area (Å²) in [5, 5.41) is 2.60. The molecule has 0 unspecified atom stereocenters. The predicted octanol–water partition coefficient (Wildman–Crippen LogP) is 13.2. The lowest BCUT2D eigenvalue weighted by molar-refractivity contribution is 0.660. The zero-order chi connectivity index (χ0) is 31.5. The lowest BCUT2D eigenvalue weighted by atomic mass is 9.82. The molecule has 0 atom stereocenters. The smallest absolute Gasteiger partial charge is 0.0554 e. The third kappa shape index (κ3) is 4.44. The summed E-state index contributed by atoms with van der Waals surface area (Å²) in [6.45, 7) is 4.73. The minimum Gasteiger partial charge on any atom is -0.310 e. The van der Waals surface area contributed by atoms with E-state index in [1.807, 2.05) is 11.3 Å². The molecule has 0 saturated heterocycles. The fraction of sp³-hybridized carbons (Fsp3) is 0.0667. The topological polar surface area (TPSA) is 3.24 Å². The zero-order valence-electron chi connectivity index (χ0n) is 26.4. The monoisotopic (exact) mass is 619 g/mol. The van der Waals surface area contributed by atoms with Gasteiger partial charge in [-0.25, -0.2) is 0 Å². The molecule has 0 aliphatic heterocycles. The maximum Gasteiger partial charge on any atom is 0.0554 e. The summed E-state index contributed by atoms with van der Waals surface area (Å²) in [6.07, 6.45) is 0. The number of thiophene rings is 1. The number of benzene rings is 7. The quantitative estimate of drug-likeness (QED) is 0.185.